The molecule has 0 heterocycles. The normalized spacial score (nSPS) is 13.7. The number of nitrogens with one attached hydrogen (secondary N) is 1. The molecule has 0 amide bonds. The first-order valence-corrected chi connectivity index (χ1v) is 6.78. The van der Waals surface area contributed by atoms with E-state index in [1.807, 2.05) is 6.08 Å². The van der Waals surface area contributed by atoms with Crippen molar-refractivity contribution in [2.24, 2.45) is 0 Å². The molecular weight excluding hydrogens is 230 g/mol. The Bertz CT molecular complexity index is 490. The highest BCUT2D eigenvalue weighted by Crippen LogP contribution is 2.22. The quantitative estimate of drug-likeness (QED) is 0.737. The third-order valence-electron chi connectivity index (χ3n) is 3.36. The predicted molar refractivity (Wildman–Crippen MR) is 82.0 cm³/mol. The van der Waals surface area contributed by atoms with E-state index in [-0.39, 0.29) is 0 Å². The van der Waals surface area contributed by atoms with Gasteiger partial charge in [0, 0.05) is 12.1 Å². The Labute approximate surface area is 116 Å². The summed E-state index contributed by atoms with van der Waals surface area (Å²) in [7, 11) is 0. The van der Waals surface area contributed by atoms with Gasteiger partial charge in [-0.3, -0.25) is 0 Å². The fourth-order valence-electron chi connectivity index (χ4n) is 2.29. The molecule has 0 saturated carbocycles. The van der Waals surface area contributed by atoms with Crippen LogP contribution in [0.2, 0.25) is 0 Å². The molecule has 0 aliphatic heterocycles. The van der Waals surface area contributed by atoms with Gasteiger partial charge in [-0.1, -0.05) is 66.7 Å². The average Bonchev–Trinajstić information content (AvgIpc) is 2.48. The number of hydrogen-bond donors (Lipinski definition) is 1. The Morgan fingerprint density at radius 2 is 1.47 bits per heavy atom. The Morgan fingerprint density at radius 3 is 2.00 bits per heavy atom. The van der Waals surface area contributed by atoms with E-state index >= 15 is 0 Å². The smallest absolute Gasteiger partial charge is 0.0360 e. The van der Waals surface area contributed by atoms with Crippen LogP contribution in [0.15, 0.2) is 73.3 Å². The molecule has 0 fully saturated rings. The molecule has 0 radical (unpaired) electrons. The largest absolute Gasteiger partial charge is 0.303 e. The van der Waals surface area contributed by atoms with Gasteiger partial charge in [0.1, 0.15) is 0 Å². The van der Waals surface area contributed by atoms with Crippen molar-refractivity contribution in [3.05, 3.63) is 84.4 Å². The monoisotopic (exact) mass is 251 g/mol. The van der Waals surface area contributed by atoms with Crippen LogP contribution in [0, 0.1) is 0 Å². The van der Waals surface area contributed by atoms with E-state index in [1.54, 1.807) is 0 Å². The highest BCUT2D eigenvalue weighted by Gasteiger charge is 2.13. The van der Waals surface area contributed by atoms with Crippen LogP contribution in [0.3, 0.4) is 0 Å². The minimum Gasteiger partial charge on any atom is -0.303 e. The van der Waals surface area contributed by atoms with E-state index in [0.717, 1.165) is 6.42 Å². The molecule has 1 heteroatoms. The molecule has 2 aromatic rings. The number of benzene rings is 2. The summed E-state index contributed by atoms with van der Waals surface area (Å²) in [6, 6.07) is 21.7. The van der Waals surface area contributed by atoms with Gasteiger partial charge in [-0.25, -0.2) is 0 Å². The van der Waals surface area contributed by atoms with Gasteiger partial charge in [0.15, 0.2) is 0 Å². The molecule has 0 saturated heterocycles. The van der Waals surface area contributed by atoms with E-state index in [0.29, 0.717) is 12.1 Å². The third kappa shape index (κ3) is 3.80. The van der Waals surface area contributed by atoms with Crippen molar-refractivity contribution in [1.29, 1.82) is 0 Å². The molecule has 19 heavy (non-hydrogen) atoms. The summed E-state index contributed by atoms with van der Waals surface area (Å²) in [5.74, 6) is 0. The SMILES string of the molecule is C=CCC(N[C@@H](C)c1ccccc1)c1ccccc1. The van der Waals surface area contributed by atoms with Crippen molar-refractivity contribution in [2.45, 2.75) is 25.4 Å². The van der Waals surface area contributed by atoms with E-state index in [4.69, 9.17) is 0 Å². The summed E-state index contributed by atoms with van der Waals surface area (Å²) in [6.45, 7) is 6.07. The Hall–Kier alpha value is -1.86. The van der Waals surface area contributed by atoms with Crippen molar-refractivity contribution >= 4 is 0 Å². The van der Waals surface area contributed by atoms with Gasteiger partial charge in [0.2, 0.25) is 0 Å². The lowest BCUT2D eigenvalue weighted by Gasteiger charge is -2.23. The van der Waals surface area contributed by atoms with Gasteiger partial charge in [0.05, 0.1) is 0 Å². The summed E-state index contributed by atoms with van der Waals surface area (Å²) in [4.78, 5) is 0. The zero-order valence-electron chi connectivity index (χ0n) is 11.4. The topological polar surface area (TPSA) is 12.0 Å². The summed E-state index contributed by atoms with van der Waals surface area (Å²) in [5, 5.41) is 3.68. The van der Waals surface area contributed by atoms with E-state index in [9.17, 15) is 0 Å². The molecule has 0 spiro atoms. The molecule has 2 aromatic carbocycles. The summed E-state index contributed by atoms with van der Waals surface area (Å²) < 4.78 is 0. The second-order valence-electron chi connectivity index (χ2n) is 4.79. The summed E-state index contributed by atoms with van der Waals surface area (Å²) >= 11 is 0. The zero-order valence-corrected chi connectivity index (χ0v) is 11.4. The minimum atomic E-state index is 0.314. The van der Waals surface area contributed by atoms with Crippen LogP contribution in [0.5, 0.6) is 0 Å². The molecule has 1 N–H and O–H groups in total. The van der Waals surface area contributed by atoms with E-state index < -0.39 is 0 Å². The van der Waals surface area contributed by atoms with Gasteiger partial charge >= 0.3 is 0 Å². The Balaban J connectivity index is 2.11. The van der Waals surface area contributed by atoms with Crippen molar-refractivity contribution < 1.29 is 0 Å². The van der Waals surface area contributed by atoms with Crippen LogP contribution < -0.4 is 5.32 Å². The molecular formula is C18H21N. The minimum absolute atomic E-state index is 0.314. The first-order chi connectivity index (χ1) is 9.31. The first kappa shape index (κ1) is 13.6. The van der Waals surface area contributed by atoms with Gasteiger partial charge in [-0.15, -0.1) is 6.58 Å². The molecule has 2 rings (SSSR count). The van der Waals surface area contributed by atoms with Gasteiger partial charge in [-0.05, 0) is 24.5 Å². The summed E-state index contributed by atoms with van der Waals surface area (Å²) in [6.07, 6.45) is 2.91. The van der Waals surface area contributed by atoms with Crippen LogP contribution in [0.4, 0.5) is 0 Å². The van der Waals surface area contributed by atoms with Crippen LogP contribution >= 0.6 is 0 Å². The molecule has 0 aliphatic rings. The third-order valence-corrected chi connectivity index (χ3v) is 3.36. The second kappa shape index (κ2) is 6.91. The number of hydrogen-bond acceptors (Lipinski definition) is 1. The Morgan fingerprint density at radius 1 is 0.947 bits per heavy atom. The lowest BCUT2D eigenvalue weighted by molar-refractivity contribution is 0.470. The second-order valence-corrected chi connectivity index (χ2v) is 4.79. The fourth-order valence-corrected chi connectivity index (χ4v) is 2.29. The van der Waals surface area contributed by atoms with Gasteiger partial charge in [-0.2, -0.15) is 0 Å². The fraction of sp³-hybridized carbons (Fsp3) is 0.222. The van der Waals surface area contributed by atoms with Gasteiger partial charge < -0.3 is 5.32 Å². The maximum absolute atomic E-state index is 3.87. The summed E-state index contributed by atoms with van der Waals surface area (Å²) in [5.41, 5.74) is 2.62. The highest BCUT2D eigenvalue weighted by molar-refractivity contribution is 5.22. The molecule has 98 valence electrons. The average molecular weight is 251 g/mol. The van der Waals surface area contributed by atoms with E-state index in [1.165, 1.54) is 11.1 Å². The first-order valence-electron chi connectivity index (χ1n) is 6.78. The van der Waals surface area contributed by atoms with Crippen LogP contribution in [0.1, 0.15) is 36.6 Å². The standard InChI is InChI=1S/C18H21N/c1-3-10-18(17-13-8-5-9-14-17)19-15(2)16-11-6-4-7-12-16/h3-9,11-15,18-19H,1,10H2,2H3/t15-,18?/m0/s1. The molecule has 0 aliphatic carbocycles. The zero-order chi connectivity index (χ0) is 13.5. The molecule has 0 bridgehead atoms. The van der Waals surface area contributed by atoms with Crippen molar-refractivity contribution in [3.8, 4) is 0 Å². The maximum atomic E-state index is 3.87. The lowest BCUT2D eigenvalue weighted by Crippen LogP contribution is -2.24. The van der Waals surface area contributed by atoms with E-state index in [2.05, 4.69) is 79.5 Å². The molecule has 0 aromatic heterocycles. The molecule has 2 atom stereocenters. The van der Waals surface area contributed by atoms with Crippen LogP contribution in [0.25, 0.3) is 0 Å². The lowest BCUT2D eigenvalue weighted by atomic mass is 10.0. The van der Waals surface area contributed by atoms with Crippen molar-refractivity contribution in [2.75, 3.05) is 0 Å². The van der Waals surface area contributed by atoms with Crippen molar-refractivity contribution in [3.63, 3.8) is 0 Å². The number of rotatable bonds is 6. The molecule has 1 nitrogen and oxygen atoms in total. The van der Waals surface area contributed by atoms with Crippen LogP contribution in [-0.4, -0.2) is 0 Å². The highest BCUT2D eigenvalue weighted by atomic mass is 14.9. The predicted octanol–water partition coefficient (Wildman–Crippen LogP) is 4.65. The van der Waals surface area contributed by atoms with Crippen molar-refractivity contribution in [1.82, 2.24) is 5.32 Å². The Kier molecular flexibility index (Phi) is 4.93. The maximum Gasteiger partial charge on any atom is 0.0360 e. The molecule has 1 unspecified atom stereocenters. The van der Waals surface area contributed by atoms with Gasteiger partial charge in [0.25, 0.3) is 0 Å². The van der Waals surface area contributed by atoms with Crippen LogP contribution in [-0.2, 0) is 0 Å².